The van der Waals surface area contributed by atoms with Crippen molar-refractivity contribution in [2.45, 2.75) is 13.0 Å². The van der Waals surface area contributed by atoms with Crippen molar-refractivity contribution < 1.29 is 27.1 Å². The lowest BCUT2D eigenvalue weighted by Crippen LogP contribution is -2.36. The van der Waals surface area contributed by atoms with Gasteiger partial charge in [-0.1, -0.05) is 6.07 Å². The monoisotopic (exact) mass is 433 g/mol. The Morgan fingerprint density at radius 1 is 1.16 bits per heavy atom. The highest BCUT2D eigenvalue weighted by molar-refractivity contribution is 5.95. The van der Waals surface area contributed by atoms with E-state index in [2.05, 4.69) is 5.10 Å². The van der Waals surface area contributed by atoms with Crippen LogP contribution in [0.4, 0.5) is 17.6 Å². The van der Waals surface area contributed by atoms with E-state index >= 15 is 0 Å². The van der Waals surface area contributed by atoms with Gasteiger partial charge in [0.15, 0.2) is 11.6 Å². The highest BCUT2D eigenvalue weighted by atomic mass is 19.1. The standard InChI is InChI=1S/C22H19F4N3O2/c1-28-21(13-9-14(24)11-15(25)10-13)16-5-7-29(12-18(16)27-28)22(30)17-3-2-4-19(20(17)26)31-8-6-23/h2-4,9-11H,5-8,12H2,1H3. The van der Waals surface area contributed by atoms with Gasteiger partial charge < -0.3 is 9.64 Å². The maximum Gasteiger partial charge on any atom is 0.257 e. The van der Waals surface area contributed by atoms with E-state index in [-0.39, 0.29) is 31.0 Å². The highest BCUT2D eigenvalue weighted by Crippen LogP contribution is 2.32. The van der Waals surface area contributed by atoms with Gasteiger partial charge in [0.2, 0.25) is 0 Å². The van der Waals surface area contributed by atoms with Crippen LogP contribution in [0.5, 0.6) is 5.75 Å². The van der Waals surface area contributed by atoms with Gasteiger partial charge in [0.1, 0.15) is 24.9 Å². The van der Waals surface area contributed by atoms with Gasteiger partial charge in [-0.05, 0) is 30.7 Å². The number of ether oxygens (including phenoxy) is 1. The molecular weight excluding hydrogens is 414 g/mol. The van der Waals surface area contributed by atoms with Crippen LogP contribution in [-0.4, -0.2) is 40.4 Å². The summed E-state index contributed by atoms with van der Waals surface area (Å²) in [5, 5.41) is 4.41. The van der Waals surface area contributed by atoms with Crippen LogP contribution in [0.15, 0.2) is 36.4 Å². The van der Waals surface area contributed by atoms with Gasteiger partial charge in [0.25, 0.3) is 5.91 Å². The highest BCUT2D eigenvalue weighted by Gasteiger charge is 2.29. The lowest BCUT2D eigenvalue weighted by atomic mass is 9.99. The van der Waals surface area contributed by atoms with Crippen molar-refractivity contribution in [2.24, 2.45) is 7.05 Å². The van der Waals surface area contributed by atoms with Gasteiger partial charge >= 0.3 is 0 Å². The molecule has 9 heteroatoms. The summed E-state index contributed by atoms with van der Waals surface area (Å²) in [6, 6.07) is 7.41. The third-order valence-electron chi connectivity index (χ3n) is 5.15. The average molecular weight is 433 g/mol. The molecule has 0 spiro atoms. The van der Waals surface area contributed by atoms with Crippen molar-refractivity contribution in [1.82, 2.24) is 14.7 Å². The minimum absolute atomic E-state index is 0.120. The molecule has 31 heavy (non-hydrogen) atoms. The zero-order chi connectivity index (χ0) is 22.1. The van der Waals surface area contributed by atoms with Crippen LogP contribution in [0.3, 0.4) is 0 Å². The lowest BCUT2D eigenvalue weighted by Gasteiger charge is -2.27. The number of carbonyl (C=O) groups is 1. The molecule has 0 saturated carbocycles. The third kappa shape index (κ3) is 3.99. The summed E-state index contributed by atoms with van der Waals surface area (Å²) >= 11 is 0. The van der Waals surface area contributed by atoms with E-state index in [0.29, 0.717) is 23.4 Å². The number of carbonyl (C=O) groups excluding carboxylic acids is 1. The predicted molar refractivity (Wildman–Crippen MR) is 105 cm³/mol. The van der Waals surface area contributed by atoms with Crippen LogP contribution in [0.2, 0.25) is 0 Å². The van der Waals surface area contributed by atoms with Crippen LogP contribution in [-0.2, 0) is 20.0 Å². The van der Waals surface area contributed by atoms with Crippen molar-refractivity contribution >= 4 is 5.91 Å². The fourth-order valence-electron chi connectivity index (χ4n) is 3.85. The summed E-state index contributed by atoms with van der Waals surface area (Å²) in [5.74, 6) is -2.96. The fourth-order valence-corrected chi connectivity index (χ4v) is 3.85. The molecule has 0 bridgehead atoms. The molecule has 1 aliphatic heterocycles. The molecule has 3 aromatic rings. The van der Waals surface area contributed by atoms with Crippen LogP contribution in [0, 0.1) is 17.5 Å². The number of fused-ring (bicyclic) bond motifs is 1. The Bertz CT molecular complexity index is 1130. The molecule has 162 valence electrons. The fraction of sp³-hybridized carbons (Fsp3) is 0.273. The minimum atomic E-state index is -0.844. The average Bonchev–Trinajstić information content (AvgIpc) is 3.06. The summed E-state index contributed by atoms with van der Waals surface area (Å²) in [5.41, 5.74) is 2.12. The first-order valence-corrected chi connectivity index (χ1v) is 9.66. The van der Waals surface area contributed by atoms with Crippen LogP contribution >= 0.6 is 0 Å². The normalized spacial score (nSPS) is 13.3. The lowest BCUT2D eigenvalue weighted by molar-refractivity contribution is 0.0726. The minimum Gasteiger partial charge on any atom is -0.488 e. The van der Waals surface area contributed by atoms with E-state index in [1.165, 1.54) is 39.9 Å². The van der Waals surface area contributed by atoms with Gasteiger partial charge in [-0.2, -0.15) is 5.10 Å². The number of alkyl halides is 1. The van der Waals surface area contributed by atoms with Gasteiger partial charge in [-0.25, -0.2) is 17.6 Å². The second-order valence-electron chi connectivity index (χ2n) is 7.19. The molecule has 0 saturated heterocycles. The zero-order valence-electron chi connectivity index (χ0n) is 16.7. The van der Waals surface area contributed by atoms with Crippen LogP contribution in [0.25, 0.3) is 11.3 Å². The van der Waals surface area contributed by atoms with E-state index < -0.39 is 30.0 Å². The number of hydrogen-bond acceptors (Lipinski definition) is 3. The van der Waals surface area contributed by atoms with Crippen LogP contribution < -0.4 is 4.74 Å². The molecule has 0 fully saturated rings. The number of halogens is 4. The number of aromatic nitrogens is 2. The van der Waals surface area contributed by atoms with Gasteiger partial charge in [0, 0.05) is 30.8 Å². The molecule has 0 atom stereocenters. The molecule has 0 aliphatic carbocycles. The summed E-state index contributed by atoms with van der Waals surface area (Å²) in [6.45, 7) is -0.686. The summed E-state index contributed by atoms with van der Waals surface area (Å²) in [6.07, 6.45) is 0.391. The zero-order valence-corrected chi connectivity index (χ0v) is 16.7. The first kappa shape index (κ1) is 20.9. The summed E-state index contributed by atoms with van der Waals surface area (Å²) < 4.78 is 60.9. The summed E-state index contributed by atoms with van der Waals surface area (Å²) in [4.78, 5) is 14.4. The quantitative estimate of drug-likeness (QED) is 0.571. The van der Waals surface area contributed by atoms with Gasteiger partial charge in [-0.15, -0.1) is 0 Å². The van der Waals surface area contributed by atoms with E-state index in [1.54, 1.807) is 7.05 Å². The van der Waals surface area contributed by atoms with E-state index in [1.807, 2.05) is 0 Å². The molecule has 1 amide bonds. The molecule has 0 N–H and O–H groups in total. The Balaban J connectivity index is 1.61. The molecule has 5 nitrogen and oxygen atoms in total. The van der Waals surface area contributed by atoms with Crippen molar-refractivity contribution in [3.05, 3.63) is 70.7 Å². The van der Waals surface area contributed by atoms with E-state index in [9.17, 15) is 22.4 Å². The van der Waals surface area contributed by atoms with Gasteiger partial charge in [0.05, 0.1) is 23.5 Å². The number of amides is 1. The van der Waals surface area contributed by atoms with Gasteiger partial charge in [-0.3, -0.25) is 9.48 Å². The molecule has 2 heterocycles. The molecule has 1 aromatic heterocycles. The molecule has 1 aliphatic rings. The molecular formula is C22H19F4N3O2. The van der Waals surface area contributed by atoms with Crippen molar-refractivity contribution in [1.29, 1.82) is 0 Å². The van der Waals surface area contributed by atoms with Crippen molar-refractivity contribution in [2.75, 3.05) is 19.8 Å². The van der Waals surface area contributed by atoms with Crippen LogP contribution in [0.1, 0.15) is 21.6 Å². The largest absolute Gasteiger partial charge is 0.488 e. The van der Waals surface area contributed by atoms with Crippen molar-refractivity contribution in [3.8, 4) is 17.0 Å². The Hall–Kier alpha value is -3.36. The maximum atomic E-state index is 14.7. The molecule has 0 radical (unpaired) electrons. The first-order valence-electron chi connectivity index (χ1n) is 9.66. The number of aryl methyl sites for hydroxylation is 1. The second-order valence-corrected chi connectivity index (χ2v) is 7.19. The molecule has 0 unspecified atom stereocenters. The molecule has 2 aromatic carbocycles. The van der Waals surface area contributed by atoms with E-state index in [4.69, 9.17) is 4.74 Å². The van der Waals surface area contributed by atoms with Crippen molar-refractivity contribution in [3.63, 3.8) is 0 Å². The predicted octanol–water partition coefficient (Wildman–Crippen LogP) is 4.05. The Morgan fingerprint density at radius 3 is 2.61 bits per heavy atom. The third-order valence-corrected chi connectivity index (χ3v) is 5.15. The number of rotatable bonds is 5. The first-order chi connectivity index (χ1) is 14.9. The number of nitrogens with zero attached hydrogens (tertiary/aromatic N) is 3. The SMILES string of the molecule is Cn1nc2c(c1-c1cc(F)cc(F)c1)CCN(C(=O)c1cccc(OCCF)c1F)C2. The smallest absolute Gasteiger partial charge is 0.257 e. The Kier molecular flexibility index (Phi) is 5.67. The second kappa shape index (κ2) is 8.41. The Morgan fingerprint density at radius 2 is 1.90 bits per heavy atom. The topological polar surface area (TPSA) is 47.4 Å². The number of benzene rings is 2. The Labute approximate surface area is 175 Å². The number of hydrogen-bond donors (Lipinski definition) is 0. The maximum absolute atomic E-state index is 14.7. The molecule has 4 rings (SSSR count). The van der Waals surface area contributed by atoms with E-state index in [0.717, 1.165) is 11.6 Å². The summed E-state index contributed by atoms with van der Waals surface area (Å²) in [7, 11) is 1.66.